The fourth-order valence-corrected chi connectivity index (χ4v) is 4.86. The van der Waals surface area contributed by atoms with Crippen LogP contribution >= 0.6 is 0 Å². The number of hydrogen-bond acceptors (Lipinski definition) is 4. The molecule has 1 saturated heterocycles. The largest absolute Gasteiger partial charge is 0.481 e. The number of aryl methyl sites for hydroxylation is 2. The van der Waals surface area contributed by atoms with Gasteiger partial charge in [-0.1, -0.05) is 0 Å². The summed E-state index contributed by atoms with van der Waals surface area (Å²) in [5.41, 5.74) is 0.888. The number of carboxylic acid groups (broad SMARTS) is 1. The Labute approximate surface area is 118 Å². The summed E-state index contributed by atoms with van der Waals surface area (Å²) in [6.45, 7) is 5.27. The number of hydrogen-bond donors (Lipinski definition) is 2. The van der Waals surface area contributed by atoms with Crippen LogP contribution in [0.5, 0.6) is 0 Å². The lowest BCUT2D eigenvalue weighted by molar-refractivity contribution is -0.144. The van der Waals surface area contributed by atoms with Gasteiger partial charge in [0, 0.05) is 12.6 Å². The van der Waals surface area contributed by atoms with Gasteiger partial charge in [0.15, 0.2) is 0 Å². The molecule has 2 rings (SSSR count). The SMILES string of the molecule is Cc1n[nH]c(C)c1S(=O)(=O)N1CCC[C@@H](C(=O)O)[C@H]1C. The maximum absolute atomic E-state index is 12.7. The van der Waals surface area contributed by atoms with Crippen molar-refractivity contribution >= 4 is 16.0 Å². The van der Waals surface area contributed by atoms with Gasteiger partial charge in [0.2, 0.25) is 10.0 Å². The van der Waals surface area contributed by atoms with Crippen LogP contribution in [-0.2, 0) is 14.8 Å². The Bertz CT molecular complexity index is 603. The number of sulfonamides is 1. The molecule has 1 aromatic heterocycles. The summed E-state index contributed by atoms with van der Waals surface area (Å²) in [5, 5.41) is 15.8. The van der Waals surface area contributed by atoms with Gasteiger partial charge >= 0.3 is 5.97 Å². The van der Waals surface area contributed by atoms with E-state index in [0.29, 0.717) is 30.8 Å². The highest BCUT2D eigenvalue weighted by Crippen LogP contribution is 2.31. The fourth-order valence-electron chi connectivity index (χ4n) is 2.82. The van der Waals surface area contributed by atoms with Crippen molar-refractivity contribution in [2.75, 3.05) is 6.54 Å². The molecular weight excluding hydrogens is 282 g/mol. The Morgan fingerprint density at radius 2 is 2.10 bits per heavy atom. The molecule has 1 aliphatic rings. The summed E-state index contributed by atoms with van der Waals surface area (Å²) in [4.78, 5) is 11.4. The number of aromatic nitrogens is 2. The number of piperidine rings is 1. The summed E-state index contributed by atoms with van der Waals surface area (Å²) >= 11 is 0. The zero-order valence-electron chi connectivity index (χ0n) is 11.8. The second-order valence-electron chi connectivity index (χ2n) is 5.21. The molecule has 0 radical (unpaired) electrons. The van der Waals surface area contributed by atoms with Crippen molar-refractivity contribution < 1.29 is 18.3 Å². The van der Waals surface area contributed by atoms with E-state index in [9.17, 15) is 18.3 Å². The van der Waals surface area contributed by atoms with Crippen molar-refractivity contribution in [2.24, 2.45) is 5.92 Å². The summed E-state index contributed by atoms with van der Waals surface area (Å²) in [5.74, 6) is -1.61. The van der Waals surface area contributed by atoms with Crippen molar-refractivity contribution in [3.8, 4) is 0 Å². The van der Waals surface area contributed by atoms with Crippen LogP contribution in [0.3, 0.4) is 0 Å². The molecule has 112 valence electrons. The zero-order valence-corrected chi connectivity index (χ0v) is 12.6. The number of nitrogens with zero attached hydrogens (tertiary/aromatic N) is 2. The van der Waals surface area contributed by atoms with Gasteiger partial charge < -0.3 is 5.11 Å². The zero-order chi connectivity index (χ0) is 15.1. The molecule has 2 heterocycles. The van der Waals surface area contributed by atoms with Gasteiger partial charge in [-0.2, -0.15) is 9.40 Å². The van der Waals surface area contributed by atoms with E-state index < -0.39 is 28.0 Å². The summed E-state index contributed by atoms with van der Waals surface area (Å²) < 4.78 is 26.8. The van der Waals surface area contributed by atoms with E-state index in [0.717, 1.165) is 0 Å². The minimum absolute atomic E-state index is 0.162. The van der Waals surface area contributed by atoms with Crippen molar-refractivity contribution in [1.29, 1.82) is 0 Å². The number of H-pyrrole nitrogens is 1. The molecular formula is C12H19N3O4S. The maximum atomic E-state index is 12.7. The first kappa shape index (κ1) is 15.0. The summed E-state index contributed by atoms with van der Waals surface area (Å²) in [6, 6.07) is -0.556. The Morgan fingerprint density at radius 1 is 1.45 bits per heavy atom. The first-order valence-electron chi connectivity index (χ1n) is 6.53. The van der Waals surface area contributed by atoms with E-state index in [-0.39, 0.29) is 4.90 Å². The van der Waals surface area contributed by atoms with Crippen molar-refractivity contribution in [2.45, 2.75) is 44.6 Å². The quantitative estimate of drug-likeness (QED) is 0.863. The molecule has 0 bridgehead atoms. The second-order valence-corrected chi connectivity index (χ2v) is 7.03. The topological polar surface area (TPSA) is 103 Å². The highest BCUT2D eigenvalue weighted by atomic mass is 32.2. The van der Waals surface area contributed by atoms with Gasteiger partial charge in [0.25, 0.3) is 0 Å². The average molecular weight is 301 g/mol. The molecule has 1 aromatic rings. The molecule has 0 aromatic carbocycles. The summed E-state index contributed by atoms with van der Waals surface area (Å²) in [7, 11) is -3.72. The van der Waals surface area contributed by atoms with Crippen LogP contribution in [0.1, 0.15) is 31.2 Å². The smallest absolute Gasteiger partial charge is 0.308 e. The average Bonchev–Trinajstić information content (AvgIpc) is 2.69. The third-order valence-electron chi connectivity index (χ3n) is 3.87. The number of carboxylic acids is 1. The van der Waals surface area contributed by atoms with Crippen LogP contribution < -0.4 is 0 Å². The standard InChI is InChI=1S/C12H19N3O4S/c1-7-11(8(2)14-13-7)20(18,19)15-6-4-5-10(9(15)3)12(16)17/h9-10H,4-6H2,1-3H3,(H,13,14)(H,16,17)/t9-,10-/m1/s1. The van der Waals surface area contributed by atoms with E-state index in [4.69, 9.17) is 0 Å². The molecule has 2 N–H and O–H groups in total. The molecule has 8 heteroatoms. The second kappa shape index (κ2) is 5.17. The highest BCUT2D eigenvalue weighted by Gasteiger charge is 2.41. The van der Waals surface area contributed by atoms with Gasteiger partial charge in [0.1, 0.15) is 4.90 Å². The molecule has 0 saturated carbocycles. The number of carbonyl (C=O) groups is 1. The van der Waals surface area contributed by atoms with Crippen LogP contribution in [0.25, 0.3) is 0 Å². The number of aliphatic carboxylic acids is 1. The predicted octanol–water partition coefficient (Wildman–Crippen LogP) is 0.900. The third kappa shape index (κ3) is 2.33. The van der Waals surface area contributed by atoms with E-state index in [1.807, 2.05) is 0 Å². The van der Waals surface area contributed by atoms with Crippen LogP contribution in [0, 0.1) is 19.8 Å². The van der Waals surface area contributed by atoms with Gasteiger partial charge in [0.05, 0.1) is 17.3 Å². The van der Waals surface area contributed by atoms with Crippen molar-refractivity contribution in [1.82, 2.24) is 14.5 Å². The lowest BCUT2D eigenvalue weighted by atomic mass is 9.92. The Balaban J connectivity index is 2.42. The molecule has 7 nitrogen and oxygen atoms in total. The van der Waals surface area contributed by atoms with Crippen LogP contribution in [-0.4, -0.2) is 46.6 Å². The predicted molar refractivity (Wildman–Crippen MR) is 71.8 cm³/mol. The maximum Gasteiger partial charge on any atom is 0.308 e. The first-order chi connectivity index (χ1) is 9.26. The van der Waals surface area contributed by atoms with E-state index >= 15 is 0 Å². The van der Waals surface area contributed by atoms with Gasteiger partial charge in [-0.25, -0.2) is 8.42 Å². The third-order valence-corrected chi connectivity index (χ3v) is 6.12. The van der Waals surface area contributed by atoms with Gasteiger partial charge in [-0.05, 0) is 33.6 Å². The lowest BCUT2D eigenvalue weighted by Gasteiger charge is -2.36. The number of aromatic amines is 1. The Hall–Kier alpha value is -1.41. The minimum Gasteiger partial charge on any atom is -0.481 e. The van der Waals surface area contributed by atoms with Crippen LogP contribution in [0.4, 0.5) is 0 Å². The van der Waals surface area contributed by atoms with Crippen LogP contribution in [0.2, 0.25) is 0 Å². The monoisotopic (exact) mass is 301 g/mol. The van der Waals surface area contributed by atoms with Gasteiger partial charge in [-0.3, -0.25) is 9.89 Å². The molecule has 0 spiro atoms. The summed E-state index contributed by atoms with van der Waals surface area (Å²) in [6.07, 6.45) is 1.06. The highest BCUT2D eigenvalue weighted by molar-refractivity contribution is 7.89. The molecule has 0 unspecified atom stereocenters. The Morgan fingerprint density at radius 3 is 2.60 bits per heavy atom. The van der Waals surface area contributed by atoms with Gasteiger partial charge in [-0.15, -0.1) is 0 Å². The normalized spacial score (nSPS) is 24.8. The molecule has 20 heavy (non-hydrogen) atoms. The van der Waals surface area contributed by atoms with Crippen LogP contribution in [0.15, 0.2) is 4.90 Å². The molecule has 1 fully saturated rings. The molecule has 0 amide bonds. The number of rotatable bonds is 3. The fraction of sp³-hybridized carbons (Fsp3) is 0.667. The first-order valence-corrected chi connectivity index (χ1v) is 7.97. The molecule has 1 aliphatic heterocycles. The van der Waals surface area contributed by atoms with Crippen molar-refractivity contribution in [3.05, 3.63) is 11.4 Å². The Kier molecular flexibility index (Phi) is 3.88. The lowest BCUT2D eigenvalue weighted by Crippen LogP contribution is -2.49. The van der Waals surface area contributed by atoms with Crippen molar-refractivity contribution in [3.63, 3.8) is 0 Å². The molecule has 0 aliphatic carbocycles. The van der Waals surface area contributed by atoms with E-state index in [1.54, 1.807) is 20.8 Å². The van der Waals surface area contributed by atoms with E-state index in [1.165, 1.54) is 4.31 Å². The number of nitrogens with one attached hydrogen (secondary N) is 1. The van der Waals surface area contributed by atoms with E-state index in [2.05, 4.69) is 10.2 Å². The molecule has 2 atom stereocenters. The minimum atomic E-state index is -3.72.